The molecule has 0 radical (unpaired) electrons. The van der Waals surface area contributed by atoms with E-state index in [0.717, 1.165) is 10.8 Å². The second-order valence-corrected chi connectivity index (χ2v) is 8.35. The van der Waals surface area contributed by atoms with Crippen LogP contribution in [0.4, 0.5) is 22.0 Å². The molecular weight excluding hydrogens is 465 g/mol. The van der Waals surface area contributed by atoms with Crippen LogP contribution in [-0.2, 0) is 4.79 Å². The van der Waals surface area contributed by atoms with Crippen molar-refractivity contribution in [1.82, 2.24) is 14.8 Å². The number of nitrogens with zero attached hydrogens (tertiary/aromatic N) is 2. The lowest BCUT2D eigenvalue weighted by Gasteiger charge is -2.31. The molecule has 2 amide bonds. The van der Waals surface area contributed by atoms with E-state index in [9.17, 15) is 41.4 Å². The Morgan fingerprint density at radius 2 is 2.03 bits per heavy atom. The summed E-state index contributed by atoms with van der Waals surface area (Å²) in [6.45, 7) is 2.35. The van der Waals surface area contributed by atoms with Crippen molar-refractivity contribution in [3.63, 3.8) is 0 Å². The summed E-state index contributed by atoms with van der Waals surface area (Å²) in [6.07, 6.45) is -1.91. The van der Waals surface area contributed by atoms with Crippen LogP contribution < -0.4 is 10.7 Å². The van der Waals surface area contributed by atoms with Crippen LogP contribution in [0.5, 0.6) is 5.75 Å². The first-order valence-electron chi connectivity index (χ1n) is 10.6. The van der Waals surface area contributed by atoms with Gasteiger partial charge in [-0.3, -0.25) is 14.4 Å². The molecule has 0 saturated heterocycles. The lowest BCUT2D eigenvalue weighted by molar-refractivity contribution is -0.120. The third-order valence-electron chi connectivity index (χ3n) is 6.19. The summed E-state index contributed by atoms with van der Waals surface area (Å²) >= 11 is 0. The van der Waals surface area contributed by atoms with Gasteiger partial charge in [0.25, 0.3) is 11.8 Å². The second kappa shape index (κ2) is 9.59. The van der Waals surface area contributed by atoms with Crippen molar-refractivity contribution in [3.05, 3.63) is 51.0 Å². The van der Waals surface area contributed by atoms with Gasteiger partial charge in [0.1, 0.15) is 23.4 Å². The summed E-state index contributed by atoms with van der Waals surface area (Å²) in [4.78, 5) is 37.8. The number of hydrogen-bond donors (Lipinski definition) is 2. The predicted molar refractivity (Wildman–Crippen MR) is 112 cm³/mol. The molecule has 3 rings (SSSR count). The van der Waals surface area contributed by atoms with E-state index in [1.807, 2.05) is 0 Å². The molecule has 0 spiro atoms. The molecule has 1 aromatic rings. The van der Waals surface area contributed by atoms with Gasteiger partial charge in [-0.15, -0.1) is 0 Å². The van der Waals surface area contributed by atoms with Crippen LogP contribution in [-0.4, -0.2) is 58.1 Å². The number of carbonyl (C=O) groups excluding carboxylic acids is 2. The van der Waals surface area contributed by atoms with Crippen molar-refractivity contribution < 1.29 is 36.6 Å². The molecule has 1 aromatic heterocycles. The van der Waals surface area contributed by atoms with Crippen LogP contribution in [0.1, 0.15) is 48.3 Å². The number of hydrogen-bond acceptors (Lipinski definition) is 4. The molecule has 34 heavy (non-hydrogen) atoms. The van der Waals surface area contributed by atoms with Crippen molar-refractivity contribution in [2.45, 2.75) is 57.3 Å². The van der Waals surface area contributed by atoms with Gasteiger partial charge >= 0.3 is 0 Å². The van der Waals surface area contributed by atoms with E-state index >= 15 is 0 Å². The highest BCUT2D eigenvalue weighted by molar-refractivity contribution is 5.94. The highest BCUT2D eigenvalue weighted by Crippen LogP contribution is 2.44. The van der Waals surface area contributed by atoms with E-state index < -0.39 is 89.9 Å². The van der Waals surface area contributed by atoms with Crippen LogP contribution >= 0.6 is 0 Å². The van der Waals surface area contributed by atoms with E-state index in [1.54, 1.807) is 6.92 Å². The van der Waals surface area contributed by atoms with Crippen molar-refractivity contribution in [1.29, 1.82) is 0 Å². The monoisotopic (exact) mass is 489 g/mol. The average Bonchev–Trinajstić information content (AvgIpc) is 3.07. The fourth-order valence-electron chi connectivity index (χ4n) is 4.38. The summed E-state index contributed by atoms with van der Waals surface area (Å²) in [5.41, 5.74) is -2.41. The number of pyridine rings is 1. The van der Waals surface area contributed by atoms with Gasteiger partial charge in [0.2, 0.25) is 11.8 Å². The van der Waals surface area contributed by atoms with Gasteiger partial charge in [0, 0.05) is 44.1 Å². The van der Waals surface area contributed by atoms with Gasteiger partial charge in [-0.25, -0.2) is 22.0 Å². The molecule has 0 aromatic carbocycles. The molecule has 1 unspecified atom stereocenters. The van der Waals surface area contributed by atoms with Crippen molar-refractivity contribution >= 4 is 12.3 Å². The quantitative estimate of drug-likeness (QED) is 0.455. The summed E-state index contributed by atoms with van der Waals surface area (Å²) in [5, 5.41) is 12.5. The first-order chi connectivity index (χ1) is 15.9. The van der Waals surface area contributed by atoms with Crippen LogP contribution in [0.3, 0.4) is 0 Å². The Labute approximate surface area is 191 Å². The minimum atomic E-state index is -3.14. The van der Waals surface area contributed by atoms with Crippen LogP contribution in [0.15, 0.2) is 34.3 Å². The third-order valence-corrected chi connectivity index (χ3v) is 6.19. The number of alkyl halides is 3. The number of carbonyl (C=O) groups is 2. The standard InChI is InChI=1S/C22H24F5N3O4/c1-3-29(10-31)17-6-22(26,27)7-18(17)30-9-14(20(33)19(32)11(30)2)21(34)28-8-13-15(24)4-12(23)5-16(13)25/h4,9-10,12,17-18,32H,3,5-8H2,1-2H3,(H,28,34)/t12?,17-,18+/m1/s1. The number of rotatable bonds is 7. The zero-order valence-corrected chi connectivity index (χ0v) is 18.5. The predicted octanol–water partition coefficient (Wildman–Crippen LogP) is 3.23. The summed E-state index contributed by atoms with van der Waals surface area (Å²) < 4.78 is 70.8. The Bertz CT molecular complexity index is 1110. The lowest BCUT2D eigenvalue weighted by Crippen LogP contribution is -2.39. The molecular formula is C22H24F5N3O4. The van der Waals surface area contributed by atoms with Crippen LogP contribution in [0.2, 0.25) is 0 Å². The highest BCUT2D eigenvalue weighted by Gasteiger charge is 2.49. The largest absolute Gasteiger partial charge is 0.503 e. The maximum atomic E-state index is 14.3. The molecule has 0 bridgehead atoms. The SMILES string of the molecule is CCN(C=O)[C@@H]1CC(F)(F)C[C@@H]1n1cc(C(=O)NCC2=C(F)CC(F)C=C2F)c(=O)c(O)c1C. The smallest absolute Gasteiger partial charge is 0.257 e. The number of allylic oxidation sites excluding steroid dienone is 2. The van der Waals surface area contributed by atoms with Crippen molar-refractivity contribution in [3.8, 4) is 5.75 Å². The number of amides is 2. The van der Waals surface area contributed by atoms with Crippen molar-refractivity contribution in [2.75, 3.05) is 13.1 Å². The maximum absolute atomic E-state index is 14.3. The fraction of sp³-hybridized carbons (Fsp3) is 0.500. The molecule has 12 heteroatoms. The second-order valence-electron chi connectivity index (χ2n) is 8.35. The van der Waals surface area contributed by atoms with Gasteiger partial charge in [-0.05, 0) is 19.9 Å². The normalized spacial score (nSPS) is 24.1. The molecule has 1 fully saturated rings. The van der Waals surface area contributed by atoms with Gasteiger partial charge in [-0.2, -0.15) is 0 Å². The average molecular weight is 489 g/mol. The Balaban J connectivity index is 1.95. The number of aromatic nitrogens is 1. The van der Waals surface area contributed by atoms with Gasteiger partial charge < -0.3 is 19.9 Å². The lowest BCUT2D eigenvalue weighted by atomic mass is 10.0. The molecule has 7 nitrogen and oxygen atoms in total. The van der Waals surface area contributed by atoms with Gasteiger partial charge in [0.15, 0.2) is 5.75 Å². The molecule has 1 saturated carbocycles. The summed E-state index contributed by atoms with van der Waals surface area (Å²) in [5.74, 6) is -7.40. The number of aromatic hydroxyl groups is 1. The van der Waals surface area contributed by atoms with E-state index in [4.69, 9.17) is 0 Å². The van der Waals surface area contributed by atoms with E-state index in [2.05, 4.69) is 5.32 Å². The van der Waals surface area contributed by atoms with E-state index in [0.29, 0.717) is 12.5 Å². The van der Waals surface area contributed by atoms with Crippen molar-refractivity contribution in [2.24, 2.45) is 0 Å². The zero-order valence-electron chi connectivity index (χ0n) is 18.5. The molecule has 1 heterocycles. The highest BCUT2D eigenvalue weighted by atomic mass is 19.3. The van der Waals surface area contributed by atoms with Gasteiger partial charge in [-0.1, -0.05) is 0 Å². The molecule has 2 N–H and O–H groups in total. The summed E-state index contributed by atoms with van der Waals surface area (Å²) in [7, 11) is 0. The Morgan fingerprint density at radius 1 is 1.35 bits per heavy atom. The fourth-order valence-corrected chi connectivity index (χ4v) is 4.38. The Hall–Kier alpha value is -3.18. The van der Waals surface area contributed by atoms with Gasteiger partial charge in [0.05, 0.1) is 17.8 Å². The first kappa shape index (κ1) is 25.4. The number of nitrogens with one attached hydrogen (secondary N) is 1. The molecule has 2 aliphatic rings. The maximum Gasteiger partial charge on any atom is 0.257 e. The van der Waals surface area contributed by atoms with Crippen LogP contribution in [0, 0.1) is 6.92 Å². The third kappa shape index (κ3) is 4.85. The topological polar surface area (TPSA) is 91.6 Å². The van der Waals surface area contributed by atoms with E-state index in [1.165, 1.54) is 11.8 Å². The zero-order chi connectivity index (χ0) is 25.4. The minimum Gasteiger partial charge on any atom is -0.503 e. The Morgan fingerprint density at radius 3 is 2.62 bits per heavy atom. The molecule has 3 atom stereocenters. The van der Waals surface area contributed by atoms with E-state index in [-0.39, 0.29) is 12.2 Å². The first-order valence-corrected chi connectivity index (χ1v) is 10.6. The molecule has 186 valence electrons. The molecule has 2 aliphatic carbocycles. The van der Waals surface area contributed by atoms with Crippen LogP contribution in [0.25, 0.3) is 0 Å². The Kier molecular flexibility index (Phi) is 7.18. The summed E-state index contributed by atoms with van der Waals surface area (Å²) in [6, 6.07) is -2.03. The number of halogens is 5. The minimum absolute atomic E-state index is 0.0831. The molecule has 0 aliphatic heterocycles. The number of likely N-dealkylation sites (N-methyl/N-ethyl adjacent to an activating group) is 1.